The predicted octanol–water partition coefficient (Wildman–Crippen LogP) is 2.28. The molecule has 6 heteroatoms. The molecule has 0 saturated heterocycles. The zero-order valence-electron chi connectivity index (χ0n) is 7.54. The molecule has 1 N–H and O–H groups in total. The van der Waals surface area contributed by atoms with Gasteiger partial charge in [0.1, 0.15) is 11.8 Å². The molecule has 1 aromatic rings. The van der Waals surface area contributed by atoms with Crippen LogP contribution in [0.3, 0.4) is 0 Å². The highest BCUT2D eigenvalue weighted by Crippen LogP contribution is 2.27. The highest BCUT2D eigenvalue weighted by molar-refractivity contribution is 9.08. The molecule has 0 aliphatic carbocycles. The average molecular weight is 277 g/mol. The molecule has 0 amide bonds. The van der Waals surface area contributed by atoms with Crippen molar-refractivity contribution in [1.82, 2.24) is 4.98 Å². The number of aromatic nitrogens is 1. The molecule has 80 valence electrons. The van der Waals surface area contributed by atoms with Crippen LogP contribution < -0.4 is 0 Å². The molecular weight excluding hydrogens is 270 g/mol. The minimum atomic E-state index is -2.71. The van der Waals surface area contributed by atoms with Crippen LogP contribution in [0.15, 0.2) is 6.20 Å². The Morgan fingerprint density at radius 1 is 1.53 bits per heavy atom. The van der Waals surface area contributed by atoms with E-state index in [1.807, 2.05) is 0 Å². The van der Waals surface area contributed by atoms with E-state index in [4.69, 9.17) is 10.4 Å². The maximum atomic E-state index is 12.5. The quantitative estimate of drug-likeness (QED) is 0.862. The van der Waals surface area contributed by atoms with Gasteiger partial charge in [-0.3, -0.25) is 4.98 Å². The molecular formula is C9H7BrF2N2O. The summed E-state index contributed by atoms with van der Waals surface area (Å²) in [6.45, 7) is -0.452. The fourth-order valence-corrected chi connectivity index (χ4v) is 1.85. The van der Waals surface area contributed by atoms with E-state index in [2.05, 4.69) is 20.9 Å². The van der Waals surface area contributed by atoms with Gasteiger partial charge in [-0.2, -0.15) is 5.26 Å². The lowest BCUT2D eigenvalue weighted by Gasteiger charge is -2.10. The van der Waals surface area contributed by atoms with Crippen LogP contribution in [0, 0.1) is 11.3 Å². The molecule has 0 spiro atoms. The van der Waals surface area contributed by atoms with Crippen molar-refractivity contribution in [1.29, 1.82) is 5.26 Å². The van der Waals surface area contributed by atoms with E-state index in [1.54, 1.807) is 6.07 Å². The summed E-state index contributed by atoms with van der Waals surface area (Å²) in [7, 11) is 0. The molecule has 0 aromatic carbocycles. The third-order valence-electron chi connectivity index (χ3n) is 1.95. The summed E-state index contributed by atoms with van der Waals surface area (Å²) in [4.78, 5) is 3.51. The number of alkyl halides is 3. The van der Waals surface area contributed by atoms with Gasteiger partial charge in [0.05, 0.1) is 12.2 Å². The van der Waals surface area contributed by atoms with Crippen molar-refractivity contribution in [2.45, 2.75) is 18.4 Å². The third-order valence-corrected chi connectivity index (χ3v) is 2.51. The van der Waals surface area contributed by atoms with Gasteiger partial charge in [0.25, 0.3) is 6.43 Å². The van der Waals surface area contributed by atoms with Gasteiger partial charge in [0, 0.05) is 17.1 Å². The van der Waals surface area contributed by atoms with E-state index in [0.717, 1.165) is 6.20 Å². The van der Waals surface area contributed by atoms with Crippen molar-refractivity contribution < 1.29 is 13.9 Å². The standard InChI is InChI=1S/C9H7BrF2N2O/c10-1-6-7(4-15)5(2-13)3-14-8(6)9(11)12/h3,9,15H,1,4H2. The monoisotopic (exact) mass is 276 g/mol. The van der Waals surface area contributed by atoms with E-state index < -0.39 is 18.7 Å². The number of hydrogen-bond acceptors (Lipinski definition) is 3. The third kappa shape index (κ3) is 2.30. The second-order valence-electron chi connectivity index (χ2n) is 2.72. The van der Waals surface area contributed by atoms with E-state index in [0.29, 0.717) is 0 Å². The topological polar surface area (TPSA) is 56.9 Å². The summed E-state index contributed by atoms with van der Waals surface area (Å²) in [5.41, 5.74) is 0.123. The molecule has 0 saturated carbocycles. The van der Waals surface area contributed by atoms with Crippen LogP contribution in [0.4, 0.5) is 8.78 Å². The number of nitrogens with zero attached hydrogens (tertiary/aromatic N) is 2. The van der Waals surface area contributed by atoms with Crippen LogP contribution in [-0.4, -0.2) is 10.1 Å². The predicted molar refractivity (Wildman–Crippen MR) is 52.5 cm³/mol. The summed E-state index contributed by atoms with van der Waals surface area (Å²) in [6, 6.07) is 1.80. The van der Waals surface area contributed by atoms with Gasteiger partial charge >= 0.3 is 0 Å². The lowest BCUT2D eigenvalue weighted by atomic mass is 10.0. The number of halogens is 3. The molecule has 0 aliphatic rings. The van der Waals surface area contributed by atoms with Crippen LogP contribution >= 0.6 is 15.9 Å². The van der Waals surface area contributed by atoms with Crippen LogP contribution in [0.2, 0.25) is 0 Å². The molecule has 0 bridgehead atoms. The molecule has 0 fully saturated rings. The minimum Gasteiger partial charge on any atom is -0.392 e. The first-order valence-corrected chi connectivity index (χ1v) is 5.13. The zero-order chi connectivity index (χ0) is 11.4. The Hall–Kier alpha value is -1.06. The number of aliphatic hydroxyl groups is 1. The minimum absolute atomic E-state index is 0.122. The Balaban J connectivity index is 3.42. The fourth-order valence-electron chi connectivity index (χ4n) is 1.22. The molecule has 0 unspecified atom stereocenters. The van der Waals surface area contributed by atoms with Crippen LogP contribution in [0.25, 0.3) is 0 Å². The van der Waals surface area contributed by atoms with Gasteiger partial charge < -0.3 is 5.11 Å². The Morgan fingerprint density at radius 3 is 2.60 bits per heavy atom. The number of rotatable bonds is 3. The van der Waals surface area contributed by atoms with Crippen LogP contribution in [0.5, 0.6) is 0 Å². The van der Waals surface area contributed by atoms with Crippen LogP contribution in [-0.2, 0) is 11.9 Å². The average Bonchev–Trinajstić information content (AvgIpc) is 2.26. The van der Waals surface area contributed by atoms with E-state index in [9.17, 15) is 8.78 Å². The summed E-state index contributed by atoms with van der Waals surface area (Å²) < 4.78 is 25.0. The second kappa shape index (κ2) is 5.14. The van der Waals surface area contributed by atoms with E-state index >= 15 is 0 Å². The van der Waals surface area contributed by atoms with Gasteiger partial charge in [-0.15, -0.1) is 0 Å². The van der Waals surface area contributed by atoms with Crippen molar-refractivity contribution in [3.8, 4) is 6.07 Å². The molecule has 0 atom stereocenters. The largest absolute Gasteiger partial charge is 0.392 e. The van der Waals surface area contributed by atoms with Crippen molar-refractivity contribution in [2.24, 2.45) is 0 Å². The zero-order valence-corrected chi connectivity index (χ0v) is 9.13. The Morgan fingerprint density at radius 2 is 2.20 bits per heavy atom. The van der Waals surface area contributed by atoms with Crippen molar-refractivity contribution in [3.05, 3.63) is 28.6 Å². The number of hydrogen-bond donors (Lipinski definition) is 1. The SMILES string of the molecule is N#Cc1cnc(C(F)F)c(CBr)c1CO. The number of pyridine rings is 1. The van der Waals surface area contributed by atoms with Gasteiger partial charge in [0.2, 0.25) is 0 Å². The van der Waals surface area contributed by atoms with Gasteiger partial charge in [-0.1, -0.05) is 15.9 Å². The van der Waals surface area contributed by atoms with Gasteiger partial charge in [0.15, 0.2) is 0 Å². The number of aliphatic hydroxyl groups excluding tert-OH is 1. The molecule has 1 aromatic heterocycles. The highest BCUT2D eigenvalue weighted by atomic mass is 79.9. The molecule has 3 nitrogen and oxygen atoms in total. The lowest BCUT2D eigenvalue weighted by Crippen LogP contribution is -2.04. The first-order chi connectivity index (χ1) is 7.15. The van der Waals surface area contributed by atoms with Crippen molar-refractivity contribution in [2.75, 3.05) is 0 Å². The molecule has 0 radical (unpaired) electrons. The molecule has 15 heavy (non-hydrogen) atoms. The summed E-state index contributed by atoms with van der Waals surface area (Å²) in [5.74, 6) is 0. The highest BCUT2D eigenvalue weighted by Gasteiger charge is 2.19. The fraction of sp³-hybridized carbons (Fsp3) is 0.333. The van der Waals surface area contributed by atoms with E-state index in [1.165, 1.54) is 0 Å². The van der Waals surface area contributed by atoms with Gasteiger partial charge in [-0.25, -0.2) is 8.78 Å². The maximum absolute atomic E-state index is 12.5. The molecule has 0 aliphatic heterocycles. The Labute approximate surface area is 93.5 Å². The Kier molecular flexibility index (Phi) is 4.12. The lowest BCUT2D eigenvalue weighted by molar-refractivity contribution is 0.144. The summed E-state index contributed by atoms with van der Waals surface area (Å²) in [6.07, 6.45) is -1.66. The molecule has 1 rings (SSSR count). The van der Waals surface area contributed by atoms with Crippen molar-refractivity contribution in [3.63, 3.8) is 0 Å². The Bertz CT molecular complexity index is 404. The van der Waals surface area contributed by atoms with E-state index in [-0.39, 0.29) is 22.0 Å². The van der Waals surface area contributed by atoms with Gasteiger partial charge in [-0.05, 0) is 5.56 Å². The smallest absolute Gasteiger partial charge is 0.280 e. The maximum Gasteiger partial charge on any atom is 0.280 e. The van der Waals surface area contributed by atoms with Crippen LogP contribution in [0.1, 0.15) is 28.8 Å². The normalized spacial score (nSPS) is 10.4. The second-order valence-corrected chi connectivity index (χ2v) is 3.28. The van der Waals surface area contributed by atoms with Crippen molar-refractivity contribution >= 4 is 15.9 Å². The number of nitriles is 1. The summed E-state index contributed by atoms with van der Waals surface area (Å²) in [5, 5.41) is 17.8. The molecule has 1 heterocycles. The first-order valence-electron chi connectivity index (χ1n) is 4.01. The first kappa shape index (κ1) is 12.0. The summed E-state index contributed by atoms with van der Waals surface area (Å²) >= 11 is 3.04.